The number of aliphatic hydroxyl groups is 2. The smallest absolute Gasteiger partial charge is 0.312 e. The minimum Gasteiger partial charge on any atom is -0.507 e. The Kier molecular flexibility index (Phi) is 13.1. The molecule has 332 valence electrons. The van der Waals surface area contributed by atoms with E-state index in [0.717, 1.165) is 12.8 Å². The van der Waals surface area contributed by atoms with Gasteiger partial charge < -0.3 is 49.8 Å². The highest BCUT2D eigenvalue weighted by atomic mass is 16.7. The van der Waals surface area contributed by atoms with Crippen LogP contribution < -0.4 is 10.1 Å². The number of aromatic hydroxyl groups is 3. The molecule has 16 nitrogen and oxygen atoms in total. The maximum absolute atomic E-state index is 14.5. The number of allylic oxidation sites excluding steroid dienone is 2. The van der Waals surface area contributed by atoms with Gasteiger partial charge in [0.05, 0.1) is 66.1 Å². The number of hydrazone groups is 1. The van der Waals surface area contributed by atoms with Crippen molar-refractivity contribution < 1.29 is 58.9 Å². The summed E-state index contributed by atoms with van der Waals surface area (Å²) >= 11 is 0. The SMILES string of the molecule is COC1/C=C/OC2(C)Oc3c(C)c(O)c4c(O)c(c(/C=N\N5CC6CCC(C5)N6C)c(O)c4c3C2=O)NC(=O)/C(C)=C\C=C\C(C)C(O)C(C)C(O)C(C)C(OC(C)=O)C1C. The molecule has 0 saturated carbocycles. The van der Waals surface area contributed by atoms with Gasteiger partial charge >= 0.3 is 11.8 Å². The number of methoxy groups -OCH3 is 1. The molecule has 5 heterocycles. The predicted molar refractivity (Wildman–Crippen MR) is 228 cm³/mol. The molecule has 0 spiro atoms. The quantitative estimate of drug-likeness (QED) is 0.105. The molecule has 5 aliphatic rings. The van der Waals surface area contributed by atoms with Crippen LogP contribution in [0.15, 0.2) is 41.2 Å². The van der Waals surface area contributed by atoms with Crippen LogP contribution in [0.25, 0.3) is 10.8 Å². The molecule has 7 bridgehead atoms. The first-order chi connectivity index (χ1) is 28.7. The van der Waals surface area contributed by atoms with Crippen LogP contribution in [0.3, 0.4) is 0 Å². The van der Waals surface area contributed by atoms with Crippen molar-refractivity contribution in [1.29, 1.82) is 0 Å². The third-order valence-corrected chi connectivity index (χ3v) is 13.2. The highest BCUT2D eigenvalue weighted by Crippen LogP contribution is 2.55. The molecule has 61 heavy (non-hydrogen) atoms. The summed E-state index contributed by atoms with van der Waals surface area (Å²) in [5.74, 6) is -8.29. The van der Waals surface area contributed by atoms with Gasteiger partial charge in [0.1, 0.15) is 23.4 Å². The third-order valence-electron chi connectivity index (χ3n) is 13.2. The number of benzene rings is 2. The Hall–Kier alpha value is -5.16. The zero-order chi connectivity index (χ0) is 44.8. The molecule has 5 aliphatic heterocycles. The lowest BCUT2D eigenvalue weighted by molar-refractivity contribution is -0.160. The van der Waals surface area contributed by atoms with E-state index in [1.165, 1.54) is 59.4 Å². The lowest BCUT2D eigenvalue weighted by atomic mass is 9.78. The number of rotatable bonds is 4. The second-order valence-corrected chi connectivity index (χ2v) is 17.3. The van der Waals surface area contributed by atoms with E-state index in [0.29, 0.717) is 13.1 Å². The first-order valence-corrected chi connectivity index (χ1v) is 20.8. The van der Waals surface area contributed by atoms with Gasteiger partial charge in [0, 0.05) is 73.2 Å². The topological polar surface area (TPSA) is 220 Å². The summed E-state index contributed by atoms with van der Waals surface area (Å²) in [4.78, 5) is 43.0. The Morgan fingerprint density at radius 2 is 1.61 bits per heavy atom. The van der Waals surface area contributed by atoms with Crippen LogP contribution in [0.1, 0.15) is 82.8 Å². The predicted octanol–water partition coefficient (Wildman–Crippen LogP) is 4.87. The van der Waals surface area contributed by atoms with Crippen molar-refractivity contribution in [3.63, 3.8) is 0 Å². The Labute approximate surface area is 356 Å². The second kappa shape index (κ2) is 17.7. The average molecular weight is 849 g/mol. The summed E-state index contributed by atoms with van der Waals surface area (Å²) in [5, 5.41) is 67.5. The van der Waals surface area contributed by atoms with Crippen LogP contribution in [0.4, 0.5) is 5.69 Å². The maximum atomic E-state index is 14.5. The number of ether oxygens (including phenoxy) is 4. The normalized spacial score (nSPS) is 34.6. The van der Waals surface area contributed by atoms with Crippen molar-refractivity contribution in [2.45, 2.75) is 111 Å². The summed E-state index contributed by atoms with van der Waals surface area (Å²) < 4.78 is 23.7. The minimum atomic E-state index is -2.04. The molecule has 11 unspecified atom stereocenters. The van der Waals surface area contributed by atoms with Crippen LogP contribution in [0.5, 0.6) is 23.0 Å². The molecule has 2 aromatic rings. The monoisotopic (exact) mass is 848 g/mol. The summed E-state index contributed by atoms with van der Waals surface area (Å²) in [5.41, 5.74) is -0.303. The largest absolute Gasteiger partial charge is 0.507 e. The number of likely N-dealkylation sites (N-methyl/N-ethyl adjacent to an activating group) is 1. The lowest BCUT2D eigenvalue weighted by Gasteiger charge is -2.38. The number of hydrogen-bond acceptors (Lipinski definition) is 15. The number of carbonyl (C=O) groups is 3. The van der Waals surface area contributed by atoms with Gasteiger partial charge in [0.15, 0.2) is 5.75 Å². The molecular formula is C45H60N4O12. The Bertz CT molecular complexity index is 2170. The van der Waals surface area contributed by atoms with E-state index < -0.39 is 88.8 Å². The molecule has 0 radical (unpaired) electrons. The van der Waals surface area contributed by atoms with Crippen molar-refractivity contribution >= 4 is 40.3 Å². The van der Waals surface area contributed by atoms with Gasteiger partial charge in [-0.1, -0.05) is 45.9 Å². The van der Waals surface area contributed by atoms with Crippen molar-refractivity contribution in [3.05, 3.63) is 52.8 Å². The first-order valence-electron chi connectivity index (χ1n) is 20.8. The summed E-state index contributed by atoms with van der Waals surface area (Å²) in [6.45, 7) is 13.8. The van der Waals surface area contributed by atoms with Gasteiger partial charge in [0.2, 0.25) is 0 Å². The van der Waals surface area contributed by atoms with Gasteiger partial charge in [-0.15, -0.1) is 0 Å². The van der Waals surface area contributed by atoms with E-state index in [-0.39, 0.29) is 56.6 Å². The van der Waals surface area contributed by atoms with E-state index in [9.17, 15) is 39.9 Å². The average Bonchev–Trinajstić information content (AvgIpc) is 3.58. The first kappa shape index (κ1) is 45.4. The maximum Gasteiger partial charge on any atom is 0.312 e. The Morgan fingerprint density at radius 1 is 0.951 bits per heavy atom. The van der Waals surface area contributed by atoms with Crippen molar-refractivity contribution in [2.24, 2.45) is 28.8 Å². The lowest BCUT2D eigenvalue weighted by Crippen LogP contribution is -2.49. The van der Waals surface area contributed by atoms with Crippen LogP contribution in [0, 0.1) is 30.6 Å². The van der Waals surface area contributed by atoms with Crippen molar-refractivity contribution in [3.8, 4) is 23.0 Å². The molecule has 1 amide bonds. The number of aliphatic hydroxyl groups excluding tert-OH is 2. The molecule has 11 atom stereocenters. The van der Waals surface area contributed by atoms with Crippen LogP contribution >= 0.6 is 0 Å². The number of piperazine rings is 1. The zero-order valence-corrected chi connectivity index (χ0v) is 36.5. The Balaban J connectivity index is 1.51. The number of amides is 1. The Morgan fingerprint density at radius 3 is 2.23 bits per heavy atom. The number of ketones is 1. The number of anilines is 1. The summed E-state index contributed by atoms with van der Waals surface area (Å²) in [6.07, 6.45) is 6.96. The third kappa shape index (κ3) is 8.42. The molecule has 16 heteroatoms. The van der Waals surface area contributed by atoms with Gasteiger partial charge in [-0.25, -0.2) is 0 Å². The number of nitrogens with zero attached hydrogens (tertiary/aromatic N) is 3. The molecule has 0 aliphatic carbocycles. The fourth-order valence-corrected chi connectivity index (χ4v) is 9.20. The molecule has 2 fully saturated rings. The molecule has 2 aromatic carbocycles. The summed E-state index contributed by atoms with van der Waals surface area (Å²) in [6, 6.07) is 0.556. The zero-order valence-electron chi connectivity index (χ0n) is 36.5. The van der Waals surface area contributed by atoms with Gasteiger partial charge in [-0.05, 0) is 39.8 Å². The van der Waals surface area contributed by atoms with E-state index in [1.807, 2.05) is 5.01 Å². The fraction of sp³-hybridized carbons (Fsp3) is 0.556. The molecule has 2 saturated heterocycles. The number of hydrogen-bond donors (Lipinski definition) is 6. The number of nitrogens with one attached hydrogen (secondary N) is 1. The number of phenols is 3. The molecule has 0 aromatic heterocycles. The number of phenolic OH excluding ortho intramolecular Hbond substituents is 3. The van der Waals surface area contributed by atoms with Gasteiger partial charge in [0.25, 0.3) is 11.7 Å². The molecule has 6 N–H and O–H groups in total. The van der Waals surface area contributed by atoms with E-state index >= 15 is 0 Å². The fourth-order valence-electron chi connectivity index (χ4n) is 9.20. The minimum absolute atomic E-state index is 0.0610. The van der Waals surface area contributed by atoms with Crippen LogP contribution in [0.2, 0.25) is 0 Å². The van der Waals surface area contributed by atoms with Crippen molar-refractivity contribution in [2.75, 3.05) is 32.6 Å². The van der Waals surface area contributed by atoms with Gasteiger partial charge in [-0.3, -0.25) is 24.3 Å². The number of fused-ring (bicyclic) bond motifs is 16. The standard InChI is InChI=1S/C45H60N4O12/c1-21-12-11-13-22(2)44(57)47-35-30(18-46-49-19-28-14-15-29(20-49)48(28)9)39(54)32-33(40(35)55)38(53)26(6)42-34(32)43(56)45(8,61-42)59-17-16-31(58-10)23(3)41(60-27(7)50)25(5)37(52)24(4)36(21)51/h11-13,16-18,21,23-25,28-29,31,36-37,41,51-55H,14-15,19-20H2,1-10H3,(H,47,57)/b12-11+,17-16+,22-13-,46-18-. The second-order valence-electron chi connectivity index (χ2n) is 17.3. The highest BCUT2D eigenvalue weighted by Gasteiger charge is 2.50. The van der Waals surface area contributed by atoms with E-state index in [4.69, 9.17) is 24.0 Å². The number of esters is 1. The number of Topliss-reactive ketones (excluding diaryl/α,β-unsaturated/α-hetero) is 1. The van der Waals surface area contributed by atoms with Crippen LogP contribution in [-0.2, 0) is 23.8 Å². The van der Waals surface area contributed by atoms with E-state index in [1.54, 1.807) is 39.8 Å². The molecular weight excluding hydrogens is 789 g/mol. The highest BCUT2D eigenvalue weighted by molar-refractivity contribution is 6.23. The van der Waals surface area contributed by atoms with Crippen molar-refractivity contribution in [1.82, 2.24) is 9.91 Å². The van der Waals surface area contributed by atoms with Gasteiger partial charge in [-0.2, -0.15) is 5.10 Å². The summed E-state index contributed by atoms with van der Waals surface area (Å²) in [7, 11) is 3.52. The molecule has 7 rings (SSSR count). The van der Waals surface area contributed by atoms with Crippen LogP contribution in [-0.4, -0.2) is 129 Å². The number of carbonyl (C=O) groups excluding carboxylic acids is 3. The van der Waals surface area contributed by atoms with E-state index in [2.05, 4.69) is 17.3 Å².